The van der Waals surface area contributed by atoms with Crippen LogP contribution in [-0.4, -0.2) is 29.8 Å². The maximum Gasteiger partial charge on any atom is 0.286 e. The molecular weight excluding hydrogens is 428 g/mol. The second-order valence-corrected chi connectivity index (χ2v) is 9.13. The maximum atomic E-state index is 12.4. The van der Waals surface area contributed by atoms with Crippen LogP contribution < -0.4 is 10.1 Å². The number of carbonyl (C=O) groups is 2. The van der Waals surface area contributed by atoms with Crippen molar-refractivity contribution in [1.82, 2.24) is 10.2 Å². The van der Waals surface area contributed by atoms with E-state index < -0.39 is 0 Å². The van der Waals surface area contributed by atoms with Gasteiger partial charge in [0, 0.05) is 20.0 Å². The van der Waals surface area contributed by atoms with Crippen molar-refractivity contribution in [2.75, 3.05) is 13.1 Å². The van der Waals surface area contributed by atoms with Gasteiger partial charge < -0.3 is 19.4 Å². The lowest BCUT2D eigenvalue weighted by molar-refractivity contribution is -0.130. The van der Waals surface area contributed by atoms with Crippen LogP contribution >= 0.6 is 0 Å². The molecule has 0 spiro atoms. The number of hydrogen-bond acceptors (Lipinski definition) is 4. The number of ether oxygens (including phenoxy) is 1. The smallest absolute Gasteiger partial charge is 0.286 e. The molecule has 1 aliphatic rings. The third-order valence-electron chi connectivity index (χ3n) is 6.14. The van der Waals surface area contributed by atoms with E-state index in [2.05, 4.69) is 37.4 Å². The fraction of sp³-hybridized carbons (Fsp3) is 0.357. The molecule has 0 aliphatic carbocycles. The average Bonchev–Trinajstić information content (AvgIpc) is 3.31. The Hall–Kier alpha value is -3.54. The minimum atomic E-state index is -0.212. The van der Waals surface area contributed by atoms with Crippen molar-refractivity contribution >= 4 is 11.8 Å². The van der Waals surface area contributed by atoms with Crippen LogP contribution in [0.5, 0.6) is 5.75 Å². The molecule has 2 aromatic carbocycles. The highest BCUT2D eigenvalue weighted by Crippen LogP contribution is 2.37. The summed E-state index contributed by atoms with van der Waals surface area (Å²) in [5.74, 6) is 1.94. The molecule has 178 valence electrons. The van der Waals surface area contributed by atoms with Crippen molar-refractivity contribution in [2.45, 2.75) is 46.3 Å². The maximum absolute atomic E-state index is 12.4. The monoisotopic (exact) mass is 460 g/mol. The number of hydrogen-bond donors (Lipinski definition) is 1. The molecule has 3 aromatic rings. The van der Waals surface area contributed by atoms with Crippen molar-refractivity contribution in [3.05, 3.63) is 88.9 Å². The highest BCUT2D eigenvalue weighted by Gasteiger charge is 2.30. The van der Waals surface area contributed by atoms with Crippen molar-refractivity contribution in [2.24, 2.45) is 5.92 Å². The first-order valence-electron chi connectivity index (χ1n) is 11.9. The topological polar surface area (TPSA) is 71.8 Å². The molecule has 1 aliphatic heterocycles. The Morgan fingerprint density at radius 3 is 2.65 bits per heavy atom. The largest absolute Gasteiger partial charge is 0.486 e. The Labute approximate surface area is 200 Å². The van der Waals surface area contributed by atoms with Crippen molar-refractivity contribution < 1.29 is 18.7 Å². The standard InChI is InChI=1S/C28H32N2O4/c1-19(2)13-15-29-28(32)26-12-11-24(34-26)18-33-23-10-9-21-14-16-30(20(3)31)27(25(21)17-23)22-7-5-4-6-8-22/h4-12,17,19,27H,13-16,18H2,1-3H3,(H,29,32)/t27-/m0/s1. The predicted molar refractivity (Wildman–Crippen MR) is 131 cm³/mol. The third kappa shape index (κ3) is 5.50. The predicted octanol–water partition coefficient (Wildman–Crippen LogP) is 5.13. The minimum Gasteiger partial charge on any atom is -0.486 e. The first kappa shape index (κ1) is 23.6. The number of amides is 2. The van der Waals surface area contributed by atoms with Crippen molar-refractivity contribution in [3.8, 4) is 5.75 Å². The zero-order chi connectivity index (χ0) is 24.1. The van der Waals surface area contributed by atoms with E-state index in [1.807, 2.05) is 35.2 Å². The molecule has 0 radical (unpaired) electrons. The Morgan fingerprint density at radius 2 is 1.91 bits per heavy atom. The summed E-state index contributed by atoms with van der Waals surface area (Å²) in [6.45, 7) is 7.39. The molecule has 34 heavy (non-hydrogen) atoms. The molecule has 0 unspecified atom stereocenters. The lowest BCUT2D eigenvalue weighted by atomic mass is 9.88. The van der Waals surface area contributed by atoms with Crippen LogP contribution in [0, 0.1) is 5.92 Å². The average molecular weight is 461 g/mol. The number of carbonyl (C=O) groups excluding carboxylic acids is 2. The number of fused-ring (bicyclic) bond motifs is 1. The minimum absolute atomic E-state index is 0.0561. The number of rotatable bonds is 8. The summed E-state index contributed by atoms with van der Waals surface area (Å²) in [6, 6.07) is 19.4. The molecule has 1 aromatic heterocycles. The molecule has 6 heteroatoms. The van der Waals surface area contributed by atoms with Gasteiger partial charge in [-0.2, -0.15) is 0 Å². The van der Waals surface area contributed by atoms with Crippen LogP contribution in [0.15, 0.2) is 65.1 Å². The van der Waals surface area contributed by atoms with E-state index >= 15 is 0 Å². The fourth-order valence-electron chi connectivity index (χ4n) is 4.31. The zero-order valence-corrected chi connectivity index (χ0v) is 20.0. The second kappa shape index (κ2) is 10.6. The third-order valence-corrected chi connectivity index (χ3v) is 6.14. The van der Waals surface area contributed by atoms with E-state index in [0.29, 0.717) is 30.5 Å². The summed E-state index contributed by atoms with van der Waals surface area (Å²) in [6.07, 6.45) is 1.73. The number of nitrogens with zero attached hydrogens (tertiary/aromatic N) is 1. The van der Waals surface area contributed by atoms with E-state index in [0.717, 1.165) is 24.0 Å². The normalized spacial score (nSPS) is 15.2. The van der Waals surface area contributed by atoms with Crippen LogP contribution in [-0.2, 0) is 17.8 Å². The van der Waals surface area contributed by atoms with Gasteiger partial charge in [-0.05, 0) is 59.7 Å². The lowest BCUT2D eigenvalue weighted by Crippen LogP contribution is -2.39. The number of nitrogens with one attached hydrogen (secondary N) is 1. The van der Waals surface area contributed by atoms with Crippen LogP contribution in [0.4, 0.5) is 0 Å². The highest BCUT2D eigenvalue weighted by molar-refractivity contribution is 5.91. The Morgan fingerprint density at radius 1 is 1.12 bits per heavy atom. The van der Waals surface area contributed by atoms with Gasteiger partial charge in [0.15, 0.2) is 5.76 Å². The van der Waals surface area contributed by atoms with Gasteiger partial charge in [-0.25, -0.2) is 0 Å². The van der Waals surface area contributed by atoms with Crippen molar-refractivity contribution in [3.63, 3.8) is 0 Å². The summed E-state index contributed by atoms with van der Waals surface area (Å²) in [4.78, 5) is 26.6. The molecule has 1 N–H and O–H groups in total. The molecule has 6 nitrogen and oxygen atoms in total. The number of furan rings is 1. The molecule has 2 heterocycles. The van der Waals surface area contributed by atoms with Gasteiger partial charge in [-0.15, -0.1) is 0 Å². The summed E-state index contributed by atoms with van der Waals surface area (Å²) in [7, 11) is 0. The molecule has 1 atom stereocenters. The SMILES string of the molecule is CC(=O)N1CCc2ccc(OCc3ccc(C(=O)NCCC(C)C)o3)cc2[C@@H]1c1ccccc1. The van der Waals surface area contributed by atoms with Gasteiger partial charge >= 0.3 is 0 Å². The van der Waals surface area contributed by atoms with Crippen molar-refractivity contribution in [1.29, 1.82) is 0 Å². The molecular formula is C28H32N2O4. The summed E-state index contributed by atoms with van der Waals surface area (Å²) >= 11 is 0. The molecule has 0 saturated heterocycles. The van der Waals surface area contributed by atoms with Gasteiger partial charge in [0.2, 0.25) is 5.91 Å². The molecule has 0 saturated carbocycles. The van der Waals surface area contributed by atoms with Crippen LogP contribution in [0.2, 0.25) is 0 Å². The summed E-state index contributed by atoms with van der Waals surface area (Å²) < 4.78 is 11.7. The first-order chi connectivity index (χ1) is 16.4. The Bertz CT molecular complexity index is 1140. The summed E-state index contributed by atoms with van der Waals surface area (Å²) in [5, 5.41) is 2.88. The first-order valence-corrected chi connectivity index (χ1v) is 11.9. The van der Waals surface area contributed by atoms with Gasteiger partial charge in [0.25, 0.3) is 5.91 Å². The van der Waals surface area contributed by atoms with E-state index in [1.54, 1.807) is 19.1 Å². The van der Waals surface area contributed by atoms with Crippen LogP contribution in [0.3, 0.4) is 0 Å². The van der Waals surface area contributed by atoms with E-state index in [1.165, 1.54) is 5.56 Å². The quantitative estimate of drug-likeness (QED) is 0.506. The van der Waals surface area contributed by atoms with Crippen LogP contribution in [0.1, 0.15) is 66.2 Å². The zero-order valence-electron chi connectivity index (χ0n) is 20.0. The molecule has 0 bridgehead atoms. The Balaban J connectivity index is 1.47. The second-order valence-electron chi connectivity index (χ2n) is 9.13. The van der Waals surface area contributed by atoms with Gasteiger partial charge in [-0.3, -0.25) is 9.59 Å². The van der Waals surface area contributed by atoms with E-state index in [4.69, 9.17) is 9.15 Å². The lowest BCUT2D eigenvalue weighted by Gasteiger charge is -2.37. The van der Waals surface area contributed by atoms with Gasteiger partial charge in [-0.1, -0.05) is 50.2 Å². The van der Waals surface area contributed by atoms with Gasteiger partial charge in [0.1, 0.15) is 18.1 Å². The Kier molecular flexibility index (Phi) is 7.36. The van der Waals surface area contributed by atoms with Gasteiger partial charge in [0.05, 0.1) is 6.04 Å². The molecule has 0 fully saturated rings. The fourth-order valence-corrected chi connectivity index (χ4v) is 4.31. The van der Waals surface area contributed by atoms with E-state index in [9.17, 15) is 9.59 Å². The highest BCUT2D eigenvalue weighted by atomic mass is 16.5. The van der Waals surface area contributed by atoms with E-state index in [-0.39, 0.29) is 30.2 Å². The summed E-state index contributed by atoms with van der Waals surface area (Å²) in [5.41, 5.74) is 3.38. The van der Waals surface area contributed by atoms with Crippen LogP contribution in [0.25, 0.3) is 0 Å². The molecule has 2 amide bonds. The number of benzene rings is 2. The molecule has 4 rings (SSSR count).